The van der Waals surface area contributed by atoms with E-state index in [1.807, 2.05) is 37.4 Å². The third-order valence-electron chi connectivity index (χ3n) is 3.58. The van der Waals surface area contributed by atoms with Crippen molar-refractivity contribution in [3.05, 3.63) is 40.5 Å². The summed E-state index contributed by atoms with van der Waals surface area (Å²) < 4.78 is 11.1. The van der Waals surface area contributed by atoms with E-state index < -0.39 is 0 Å². The highest BCUT2D eigenvalue weighted by atomic mass is 35.5. The molecule has 26 heavy (non-hydrogen) atoms. The summed E-state index contributed by atoms with van der Waals surface area (Å²) in [5.41, 5.74) is 3.29. The molecule has 0 amide bonds. The number of thioether (sulfide) groups is 1. The first-order valence-electron chi connectivity index (χ1n) is 7.78. The Balaban J connectivity index is 1.93. The van der Waals surface area contributed by atoms with Gasteiger partial charge in [-0.2, -0.15) is 9.47 Å². The summed E-state index contributed by atoms with van der Waals surface area (Å²) in [6.45, 7) is 3.78. The number of esters is 1. The Kier molecular flexibility index (Phi) is 5.95. The lowest BCUT2D eigenvalue weighted by atomic mass is 10.1. The number of carbonyl (C=O) groups is 1. The van der Waals surface area contributed by atoms with Crippen LogP contribution in [0, 0.1) is 13.8 Å². The molecule has 6 nitrogen and oxygen atoms in total. The summed E-state index contributed by atoms with van der Waals surface area (Å²) >= 11 is 9.08. The maximum Gasteiger partial charge on any atom is 0.328 e. The zero-order valence-corrected chi connectivity index (χ0v) is 16.9. The highest BCUT2D eigenvalue weighted by Crippen LogP contribution is 2.33. The highest BCUT2D eigenvalue weighted by molar-refractivity contribution is 7.98. The van der Waals surface area contributed by atoms with Gasteiger partial charge in [0.1, 0.15) is 18.2 Å². The molecule has 0 spiro atoms. The van der Waals surface area contributed by atoms with E-state index in [0.717, 1.165) is 11.1 Å². The molecule has 0 saturated heterocycles. The highest BCUT2D eigenvalue weighted by Gasteiger charge is 2.21. The van der Waals surface area contributed by atoms with E-state index in [2.05, 4.69) is 14.5 Å². The minimum absolute atomic E-state index is 0.0250. The number of rotatable bonds is 6. The quantitative estimate of drug-likeness (QED) is 0.449. The molecule has 3 aromatic rings. The number of ether oxygens (including phenoxy) is 1. The summed E-state index contributed by atoms with van der Waals surface area (Å²) in [6, 6.07) is 7.97. The van der Waals surface area contributed by atoms with Crippen molar-refractivity contribution >= 4 is 40.9 Å². The number of halogens is 1. The Morgan fingerprint density at radius 3 is 2.92 bits per heavy atom. The van der Waals surface area contributed by atoms with Gasteiger partial charge in [-0.05, 0) is 37.7 Å². The van der Waals surface area contributed by atoms with E-state index in [1.54, 1.807) is 6.92 Å². The molecular weight excluding hydrogens is 392 g/mol. The van der Waals surface area contributed by atoms with Crippen LogP contribution < -0.4 is 0 Å². The fraction of sp³-hybridized carbons (Fsp3) is 0.294. The Labute approximate surface area is 164 Å². The molecule has 0 unspecified atom stereocenters. The van der Waals surface area contributed by atoms with Crippen LogP contribution in [0.1, 0.15) is 11.3 Å². The van der Waals surface area contributed by atoms with Gasteiger partial charge in [0.05, 0.1) is 10.7 Å². The SMILES string of the molecule is CSCOC(=O)Cn1nc(C)c(Cl)c1-c1nc(-c2cccc(C)c2)ns1. The topological polar surface area (TPSA) is 69.9 Å². The van der Waals surface area contributed by atoms with Crippen molar-refractivity contribution in [1.82, 2.24) is 19.1 Å². The molecule has 0 bridgehead atoms. The van der Waals surface area contributed by atoms with Crippen LogP contribution >= 0.6 is 34.9 Å². The second kappa shape index (κ2) is 8.20. The van der Waals surface area contributed by atoms with Gasteiger partial charge >= 0.3 is 5.97 Å². The smallest absolute Gasteiger partial charge is 0.328 e. The van der Waals surface area contributed by atoms with Crippen molar-refractivity contribution in [3.63, 3.8) is 0 Å². The van der Waals surface area contributed by atoms with Crippen LogP contribution in [0.5, 0.6) is 0 Å². The van der Waals surface area contributed by atoms with E-state index in [-0.39, 0.29) is 12.5 Å². The number of aromatic nitrogens is 4. The van der Waals surface area contributed by atoms with Gasteiger partial charge in [0.25, 0.3) is 0 Å². The number of aryl methyl sites for hydroxylation is 2. The largest absolute Gasteiger partial charge is 0.453 e. The zero-order valence-electron chi connectivity index (χ0n) is 14.5. The van der Waals surface area contributed by atoms with E-state index >= 15 is 0 Å². The van der Waals surface area contributed by atoms with E-state index in [9.17, 15) is 4.79 Å². The third kappa shape index (κ3) is 4.08. The number of hydrogen-bond acceptors (Lipinski definition) is 7. The summed E-state index contributed by atoms with van der Waals surface area (Å²) in [5, 5.41) is 5.43. The molecule has 0 radical (unpaired) electrons. The lowest BCUT2D eigenvalue weighted by molar-refractivity contribution is -0.142. The molecule has 2 aromatic heterocycles. The fourth-order valence-corrected chi connectivity index (χ4v) is 3.66. The predicted octanol–water partition coefficient (Wildman–Crippen LogP) is 4.20. The number of hydrogen-bond donors (Lipinski definition) is 0. The standard InChI is InChI=1S/C17H17ClN4O2S2/c1-10-5-4-6-12(7-10)16-19-17(26-21-16)15-14(18)11(2)20-22(15)8-13(23)24-9-25-3/h4-7H,8-9H2,1-3H3. The lowest BCUT2D eigenvalue weighted by Crippen LogP contribution is -2.15. The second-order valence-corrected chi connectivity index (χ2v) is 7.56. The van der Waals surface area contributed by atoms with Crippen molar-refractivity contribution in [1.29, 1.82) is 0 Å². The van der Waals surface area contributed by atoms with Gasteiger partial charge in [0.2, 0.25) is 0 Å². The van der Waals surface area contributed by atoms with Crippen molar-refractivity contribution in [2.75, 3.05) is 12.2 Å². The first-order chi connectivity index (χ1) is 12.5. The molecule has 0 aliphatic rings. The maximum absolute atomic E-state index is 12.0. The summed E-state index contributed by atoms with van der Waals surface area (Å²) in [4.78, 5) is 16.6. The van der Waals surface area contributed by atoms with Crippen LogP contribution in [0.2, 0.25) is 5.02 Å². The average molecular weight is 409 g/mol. The number of nitrogens with zero attached hydrogens (tertiary/aromatic N) is 4. The van der Waals surface area contributed by atoms with Crippen LogP contribution in [-0.2, 0) is 16.1 Å². The average Bonchev–Trinajstić information content (AvgIpc) is 3.18. The minimum Gasteiger partial charge on any atom is -0.453 e. The third-order valence-corrected chi connectivity index (χ3v) is 5.10. The molecule has 0 N–H and O–H groups in total. The van der Waals surface area contributed by atoms with Gasteiger partial charge in [-0.15, -0.1) is 11.8 Å². The summed E-state index contributed by atoms with van der Waals surface area (Å²) in [7, 11) is 0. The Morgan fingerprint density at radius 2 is 2.19 bits per heavy atom. The van der Waals surface area contributed by atoms with Crippen LogP contribution in [0.15, 0.2) is 24.3 Å². The van der Waals surface area contributed by atoms with Crippen LogP contribution in [0.25, 0.3) is 22.1 Å². The Morgan fingerprint density at radius 1 is 1.38 bits per heavy atom. The first kappa shape index (κ1) is 18.9. The predicted molar refractivity (Wildman–Crippen MR) is 106 cm³/mol. The molecule has 0 aliphatic carbocycles. The van der Waals surface area contributed by atoms with Crippen LogP contribution in [0.4, 0.5) is 0 Å². The Hall–Kier alpha value is -1.90. The molecule has 3 rings (SSSR count). The van der Waals surface area contributed by atoms with Gasteiger partial charge in [0.15, 0.2) is 10.8 Å². The molecule has 1 aromatic carbocycles. The second-order valence-electron chi connectivity index (χ2n) is 5.62. The van der Waals surface area contributed by atoms with Crippen molar-refractivity contribution in [2.24, 2.45) is 0 Å². The molecule has 2 heterocycles. The summed E-state index contributed by atoms with van der Waals surface area (Å²) in [6.07, 6.45) is 1.86. The summed E-state index contributed by atoms with van der Waals surface area (Å²) in [5.74, 6) is 0.557. The minimum atomic E-state index is -0.372. The normalized spacial score (nSPS) is 10.9. The van der Waals surface area contributed by atoms with Crippen molar-refractivity contribution in [3.8, 4) is 22.1 Å². The van der Waals surface area contributed by atoms with Gasteiger partial charge in [0, 0.05) is 5.56 Å². The molecule has 9 heteroatoms. The molecule has 0 aliphatic heterocycles. The molecule has 0 saturated carbocycles. The molecule has 0 atom stereocenters. The maximum atomic E-state index is 12.0. The van der Waals surface area contributed by atoms with E-state index in [0.29, 0.717) is 33.2 Å². The zero-order chi connectivity index (χ0) is 18.7. The van der Waals surface area contributed by atoms with E-state index in [4.69, 9.17) is 16.3 Å². The van der Waals surface area contributed by atoms with E-state index in [1.165, 1.54) is 28.0 Å². The number of carbonyl (C=O) groups excluding carboxylic acids is 1. The molecule has 136 valence electrons. The lowest BCUT2D eigenvalue weighted by Gasteiger charge is -2.05. The van der Waals surface area contributed by atoms with Crippen molar-refractivity contribution in [2.45, 2.75) is 20.4 Å². The number of benzene rings is 1. The van der Waals surface area contributed by atoms with Gasteiger partial charge in [-0.25, -0.2) is 9.67 Å². The fourth-order valence-electron chi connectivity index (χ4n) is 2.39. The molecular formula is C17H17ClN4O2S2. The van der Waals surface area contributed by atoms with Gasteiger partial charge in [-0.3, -0.25) is 4.79 Å². The van der Waals surface area contributed by atoms with Gasteiger partial charge in [-0.1, -0.05) is 35.4 Å². The van der Waals surface area contributed by atoms with Crippen LogP contribution in [-0.4, -0.2) is 37.3 Å². The monoisotopic (exact) mass is 408 g/mol. The first-order valence-corrected chi connectivity index (χ1v) is 10.3. The Bertz CT molecular complexity index is 939. The van der Waals surface area contributed by atoms with Gasteiger partial charge < -0.3 is 4.74 Å². The molecule has 0 fully saturated rings. The van der Waals surface area contributed by atoms with Crippen molar-refractivity contribution < 1.29 is 9.53 Å². The van der Waals surface area contributed by atoms with Crippen LogP contribution in [0.3, 0.4) is 0 Å².